The van der Waals surface area contributed by atoms with Crippen molar-refractivity contribution in [1.29, 1.82) is 0 Å². The van der Waals surface area contributed by atoms with E-state index in [0.29, 0.717) is 5.78 Å². The molecule has 6 nitrogen and oxygen atoms in total. The van der Waals surface area contributed by atoms with E-state index in [1.54, 1.807) is 4.52 Å². The maximum atomic E-state index is 12.3. The molecule has 1 amide bonds. The number of halogens is 1. The Bertz CT molecular complexity index is 887. The van der Waals surface area contributed by atoms with Crippen molar-refractivity contribution in [1.82, 2.24) is 19.6 Å². The molecule has 0 unspecified atom stereocenters. The van der Waals surface area contributed by atoms with Crippen molar-refractivity contribution < 1.29 is 4.79 Å². The molecule has 0 aliphatic heterocycles. The molecular formula is C15H14BrN5O. The van der Waals surface area contributed by atoms with Gasteiger partial charge >= 0.3 is 0 Å². The lowest BCUT2D eigenvalue weighted by molar-refractivity contribution is 0.101. The highest BCUT2D eigenvalue weighted by Crippen LogP contribution is 2.20. The number of anilines is 1. The SMILES string of the molecule is Cc1cc(C)n2nc(C(=O)Nc3ccc(Br)cc3C)nc2n1. The number of aromatic nitrogens is 4. The van der Waals surface area contributed by atoms with Crippen molar-refractivity contribution in [3.63, 3.8) is 0 Å². The Balaban J connectivity index is 1.93. The average Bonchev–Trinajstić information content (AvgIpc) is 2.86. The summed E-state index contributed by atoms with van der Waals surface area (Å²) in [6.45, 7) is 5.70. The highest BCUT2D eigenvalue weighted by Gasteiger charge is 2.15. The molecule has 7 heteroatoms. The molecule has 3 aromatic rings. The fourth-order valence-corrected chi connectivity index (χ4v) is 2.68. The molecule has 1 N–H and O–H groups in total. The van der Waals surface area contributed by atoms with Crippen molar-refractivity contribution >= 4 is 33.3 Å². The number of hydrogen-bond acceptors (Lipinski definition) is 4. The highest BCUT2D eigenvalue weighted by molar-refractivity contribution is 9.10. The summed E-state index contributed by atoms with van der Waals surface area (Å²) in [6.07, 6.45) is 0. The van der Waals surface area contributed by atoms with Crippen LogP contribution in [0.25, 0.3) is 5.78 Å². The van der Waals surface area contributed by atoms with Gasteiger partial charge in [-0.25, -0.2) is 9.50 Å². The van der Waals surface area contributed by atoms with Crippen molar-refractivity contribution in [3.8, 4) is 0 Å². The summed E-state index contributed by atoms with van der Waals surface area (Å²) in [5.74, 6) is 0.173. The number of nitrogens with zero attached hydrogens (tertiary/aromatic N) is 4. The molecule has 0 bridgehead atoms. The first-order chi connectivity index (χ1) is 10.4. The Morgan fingerprint density at radius 3 is 2.68 bits per heavy atom. The van der Waals surface area contributed by atoms with Crippen molar-refractivity contribution in [2.24, 2.45) is 0 Å². The summed E-state index contributed by atoms with van der Waals surface area (Å²) in [6, 6.07) is 7.53. The number of benzene rings is 1. The zero-order valence-corrected chi connectivity index (χ0v) is 14.0. The molecule has 0 saturated carbocycles. The van der Waals surface area contributed by atoms with Crippen molar-refractivity contribution in [2.75, 3.05) is 5.32 Å². The van der Waals surface area contributed by atoms with E-state index in [-0.39, 0.29) is 11.7 Å². The number of fused-ring (bicyclic) bond motifs is 1. The smallest absolute Gasteiger partial charge is 0.295 e. The van der Waals surface area contributed by atoms with Gasteiger partial charge in [0.2, 0.25) is 5.82 Å². The number of carbonyl (C=O) groups excluding carboxylic acids is 1. The lowest BCUT2D eigenvalue weighted by Crippen LogP contribution is -2.14. The van der Waals surface area contributed by atoms with E-state index in [1.807, 2.05) is 45.0 Å². The average molecular weight is 360 g/mol. The normalized spacial score (nSPS) is 10.9. The molecule has 0 spiro atoms. The topological polar surface area (TPSA) is 72.2 Å². The largest absolute Gasteiger partial charge is 0.319 e. The highest BCUT2D eigenvalue weighted by atomic mass is 79.9. The maximum absolute atomic E-state index is 12.3. The van der Waals surface area contributed by atoms with Gasteiger partial charge in [0, 0.05) is 21.5 Å². The van der Waals surface area contributed by atoms with Crippen molar-refractivity contribution in [2.45, 2.75) is 20.8 Å². The molecule has 22 heavy (non-hydrogen) atoms. The molecule has 0 radical (unpaired) electrons. The second kappa shape index (κ2) is 5.49. The summed E-state index contributed by atoms with van der Waals surface area (Å²) in [5.41, 5.74) is 3.41. The van der Waals surface area contributed by atoms with Crippen LogP contribution in [0.5, 0.6) is 0 Å². The molecule has 112 valence electrons. The lowest BCUT2D eigenvalue weighted by Gasteiger charge is -2.06. The van der Waals surface area contributed by atoms with Crippen LogP contribution in [0, 0.1) is 20.8 Å². The van der Waals surface area contributed by atoms with Crippen LogP contribution in [0.3, 0.4) is 0 Å². The van der Waals surface area contributed by atoms with Crippen LogP contribution in [0.2, 0.25) is 0 Å². The van der Waals surface area contributed by atoms with E-state index in [2.05, 4.69) is 36.3 Å². The molecular weight excluding hydrogens is 346 g/mol. The fraction of sp³-hybridized carbons (Fsp3) is 0.200. The predicted octanol–water partition coefficient (Wildman–Crippen LogP) is 3.06. The number of amides is 1. The molecule has 3 rings (SSSR count). The number of carbonyl (C=O) groups is 1. The van der Waals surface area contributed by atoms with Gasteiger partial charge in [0.15, 0.2) is 0 Å². The molecule has 0 saturated heterocycles. The predicted molar refractivity (Wildman–Crippen MR) is 87.1 cm³/mol. The van der Waals surface area contributed by atoms with Crippen LogP contribution >= 0.6 is 15.9 Å². The molecule has 0 aliphatic carbocycles. The standard InChI is InChI=1S/C15H14BrN5O/c1-8-6-11(16)4-5-12(8)18-14(22)13-19-15-17-9(2)7-10(3)21(15)20-13/h4-7H,1-3H3,(H,18,22). The molecule has 0 aliphatic rings. The quantitative estimate of drug-likeness (QED) is 0.763. The zero-order valence-electron chi connectivity index (χ0n) is 12.4. The Morgan fingerprint density at radius 1 is 1.18 bits per heavy atom. The summed E-state index contributed by atoms with van der Waals surface area (Å²) in [4.78, 5) is 20.8. The van der Waals surface area contributed by atoms with E-state index >= 15 is 0 Å². The van der Waals surface area contributed by atoms with Crippen LogP contribution in [0.4, 0.5) is 5.69 Å². The second-order valence-electron chi connectivity index (χ2n) is 5.10. The first kappa shape index (κ1) is 14.6. The van der Waals surface area contributed by atoms with Gasteiger partial charge in [-0.15, -0.1) is 5.10 Å². The molecule has 2 heterocycles. The molecule has 0 fully saturated rings. The minimum Gasteiger partial charge on any atom is -0.319 e. The first-order valence-corrected chi connectivity index (χ1v) is 7.52. The van der Waals surface area contributed by atoms with Crippen molar-refractivity contribution in [3.05, 3.63) is 51.5 Å². The number of aryl methyl sites for hydroxylation is 3. The van der Waals surface area contributed by atoms with Crippen LogP contribution in [-0.2, 0) is 0 Å². The summed E-state index contributed by atoms with van der Waals surface area (Å²) < 4.78 is 2.53. The van der Waals surface area contributed by atoms with E-state index in [1.165, 1.54) is 0 Å². The van der Waals surface area contributed by atoms with Gasteiger partial charge < -0.3 is 5.32 Å². The number of rotatable bonds is 2. The van der Waals surface area contributed by atoms with E-state index in [0.717, 1.165) is 27.1 Å². The monoisotopic (exact) mass is 359 g/mol. The van der Waals surface area contributed by atoms with Gasteiger partial charge in [0.25, 0.3) is 11.7 Å². The number of hydrogen-bond donors (Lipinski definition) is 1. The van der Waals surface area contributed by atoms with Gasteiger partial charge in [-0.2, -0.15) is 4.98 Å². The fourth-order valence-electron chi connectivity index (χ4n) is 2.21. The van der Waals surface area contributed by atoms with Crippen LogP contribution in [0.1, 0.15) is 27.6 Å². The molecule has 0 atom stereocenters. The Kier molecular flexibility index (Phi) is 3.66. The number of nitrogens with one attached hydrogen (secondary N) is 1. The Morgan fingerprint density at radius 2 is 1.95 bits per heavy atom. The summed E-state index contributed by atoms with van der Waals surface area (Å²) in [5, 5.41) is 7.04. The third-order valence-electron chi connectivity index (χ3n) is 3.26. The minimum atomic E-state index is -0.354. The van der Waals surface area contributed by atoms with E-state index in [4.69, 9.17) is 0 Å². The van der Waals surface area contributed by atoms with Crippen LogP contribution < -0.4 is 5.32 Å². The molecule has 2 aromatic heterocycles. The minimum absolute atomic E-state index is 0.100. The van der Waals surface area contributed by atoms with Gasteiger partial charge in [-0.3, -0.25) is 4.79 Å². The zero-order chi connectivity index (χ0) is 15.9. The van der Waals surface area contributed by atoms with E-state index in [9.17, 15) is 4.79 Å². The Hall–Kier alpha value is -2.28. The van der Waals surface area contributed by atoms with Gasteiger partial charge in [0.1, 0.15) is 0 Å². The van der Waals surface area contributed by atoms with Gasteiger partial charge in [0.05, 0.1) is 0 Å². The van der Waals surface area contributed by atoms with Crippen LogP contribution in [0.15, 0.2) is 28.7 Å². The maximum Gasteiger partial charge on any atom is 0.295 e. The molecule has 1 aromatic carbocycles. The summed E-state index contributed by atoms with van der Waals surface area (Å²) >= 11 is 3.40. The third kappa shape index (κ3) is 2.71. The van der Waals surface area contributed by atoms with Gasteiger partial charge in [-0.1, -0.05) is 15.9 Å². The Labute approximate surface area is 135 Å². The third-order valence-corrected chi connectivity index (χ3v) is 3.75. The lowest BCUT2D eigenvalue weighted by atomic mass is 10.2. The first-order valence-electron chi connectivity index (χ1n) is 6.72. The van der Waals surface area contributed by atoms with Crippen LogP contribution in [-0.4, -0.2) is 25.5 Å². The van der Waals surface area contributed by atoms with Gasteiger partial charge in [-0.05, 0) is 50.6 Å². The van der Waals surface area contributed by atoms with E-state index < -0.39 is 0 Å². The summed E-state index contributed by atoms with van der Waals surface area (Å²) in [7, 11) is 0. The second-order valence-corrected chi connectivity index (χ2v) is 6.02.